The maximum atomic E-state index is 12.7. The number of aromatic nitrogens is 4. The highest BCUT2D eigenvalue weighted by atomic mass is 19.1. The van der Waals surface area contributed by atoms with Crippen LogP contribution in [0, 0.1) is 5.82 Å². The SMILES string of the molecule is O=C(NNc1ccc2nncn2n1)c1ccc(F)cc1. The number of fused-ring (bicyclic) bond motifs is 1. The molecule has 0 unspecified atom stereocenters. The first-order chi connectivity index (χ1) is 9.72. The number of anilines is 1. The maximum absolute atomic E-state index is 12.7. The topological polar surface area (TPSA) is 84.2 Å². The van der Waals surface area contributed by atoms with Crippen LogP contribution in [0.25, 0.3) is 5.65 Å². The standard InChI is InChI=1S/C12H9FN6O/c13-9-3-1-8(2-4-9)12(20)17-15-10-5-6-11-16-14-7-19(11)18-10/h1-7H,(H,15,18)(H,17,20). The van der Waals surface area contributed by atoms with Crippen LogP contribution in [0.4, 0.5) is 10.2 Å². The highest BCUT2D eigenvalue weighted by Crippen LogP contribution is 2.05. The van der Waals surface area contributed by atoms with E-state index in [2.05, 4.69) is 26.1 Å². The van der Waals surface area contributed by atoms with Gasteiger partial charge >= 0.3 is 0 Å². The van der Waals surface area contributed by atoms with Gasteiger partial charge < -0.3 is 0 Å². The second kappa shape index (κ2) is 4.92. The van der Waals surface area contributed by atoms with E-state index in [0.717, 1.165) is 0 Å². The predicted octanol–water partition coefficient (Wildman–Crippen LogP) is 1.02. The lowest BCUT2D eigenvalue weighted by atomic mass is 10.2. The van der Waals surface area contributed by atoms with Crippen LogP contribution in [0.15, 0.2) is 42.7 Å². The lowest BCUT2D eigenvalue weighted by Gasteiger charge is -2.07. The van der Waals surface area contributed by atoms with E-state index in [-0.39, 0.29) is 0 Å². The molecule has 20 heavy (non-hydrogen) atoms. The van der Waals surface area contributed by atoms with Crippen molar-refractivity contribution in [2.24, 2.45) is 0 Å². The first-order valence-corrected chi connectivity index (χ1v) is 5.71. The van der Waals surface area contributed by atoms with Crippen LogP contribution >= 0.6 is 0 Å². The summed E-state index contributed by atoms with van der Waals surface area (Å²) in [6, 6.07) is 8.57. The quantitative estimate of drug-likeness (QED) is 0.695. The molecule has 8 heteroatoms. The fraction of sp³-hybridized carbons (Fsp3) is 0. The van der Waals surface area contributed by atoms with Gasteiger partial charge in [0.15, 0.2) is 11.5 Å². The van der Waals surface area contributed by atoms with Crippen LogP contribution in [0.2, 0.25) is 0 Å². The minimum absolute atomic E-state index is 0.337. The highest BCUT2D eigenvalue weighted by Gasteiger charge is 2.05. The molecule has 3 aromatic rings. The Bertz CT molecular complexity index is 754. The number of hydrogen-bond donors (Lipinski definition) is 2. The molecule has 100 valence electrons. The number of hydrogen-bond acceptors (Lipinski definition) is 5. The van der Waals surface area contributed by atoms with Gasteiger partial charge in [-0.2, -0.15) is 4.52 Å². The van der Waals surface area contributed by atoms with Crippen molar-refractivity contribution in [1.82, 2.24) is 25.2 Å². The summed E-state index contributed by atoms with van der Waals surface area (Å²) in [6.45, 7) is 0. The molecule has 2 aromatic heterocycles. The van der Waals surface area contributed by atoms with Crippen molar-refractivity contribution in [3.63, 3.8) is 0 Å². The molecule has 2 heterocycles. The van der Waals surface area contributed by atoms with E-state index in [4.69, 9.17) is 0 Å². The van der Waals surface area contributed by atoms with Gasteiger partial charge in [-0.1, -0.05) is 0 Å². The second-order valence-electron chi connectivity index (χ2n) is 3.94. The van der Waals surface area contributed by atoms with E-state index in [1.807, 2.05) is 0 Å². The number of nitrogens with zero attached hydrogens (tertiary/aromatic N) is 4. The Morgan fingerprint density at radius 3 is 2.75 bits per heavy atom. The van der Waals surface area contributed by atoms with Gasteiger partial charge in [0.2, 0.25) is 0 Å². The molecule has 3 rings (SSSR count). The summed E-state index contributed by atoms with van der Waals surface area (Å²) in [5, 5.41) is 11.6. The Balaban J connectivity index is 1.69. The second-order valence-corrected chi connectivity index (χ2v) is 3.94. The zero-order valence-corrected chi connectivity index (χ0v) is 10.1. The number of hydrazine groups is 1. The molecule has 0 saturated heterocycles. The summed E-state index contributed by atoms with van der Waals surface area (Å²) in [4.78, 5) is 11.8. The molecular weight excluding hydrogens is 263 g/mol. The molecule has 0 saturated carbocycles. The number of carbonyl (C=O) groups excluding carboxylic acids is 1. The fourth-order valence-electron chi connectivity index (χ4n) is 1.59. The summed E-state index contributed by atoms with van der Waals surface area (Å²) in [6.07, 6.45) is 1.45. The number of benzene rings is 1. The zero-order valence-electron chi connectivity index (χ0n) is 10.1. The van der Waals surface area contributed by atoms with Crippen molar-refractivity contribution >= 4 is 17.4 Å². The molecule has 0 atom stereocenters. The van der Waals surface area contributed by atoms with E-state index in [0.29, 0.717) is 17.0 Å². The molecule has 2 N–H and O–H groups in total. The van der Waals surface area contributed by atoms with Gasteiger partial charge in [-0.3, -0.25) is 15.6 Å². The largest absolute Gasteiger partial charge is 0.280 e. The van der Waals surface area contributed by atoms with E-state index in [1.165, 1.54) is 35.1 Å². The molecule has 0 radical (unpaired) electrons. The van der Waals surface area contributed by atoms with Gasteiger partial charge in [0.1, 0.15) is 12.1 Å². The van der Waals surface area contributed by atoms with E-state index >= 15 is 0 Å². The first kappa shape index (κ1) is 12.0. The van der Waals surface area contributed by atoms with Gasteiger partial charge in [-0.15, -0.1) is 15.3 Å². The predicted molar refractivity (Wildman–Crippen MR) is 68.3 cm³/mol. The molecular formula is C12H9FN6O. The van der Waals surface area contributed by atoms with Crippen molar-refractivity contribution in [3.8, 4) is 0 Å². The Kier molecular flexibility index (Phi) is 2.96. The monoisotopic (exact) mass is 272 g/mol. The van der Waals surface area contributed by atoms with Crippen molar-refractivity contribution in [2.45, 2.75) is 0 Å². The van der Waals surface area contributed by atoms with Crippen molar-refractivity contribution in [2.75, 3.05) is 5.43 Å². The lowest BCUT2D eigenvalue weighted by Crippen LogP contribution is -2.30. The van der Waals surface area contributed by atoms with Crippen LogP contribution < -0.4 is 10.9 Å². The highest BCUT2D eigenvalue weighted by molar-refractivity contribution is 5.94. The number of rotatable bonds is 3. The third-order valence-electron chi connectivity index (χ3n) is 2.57. The Morgan fingerprint density at radius 2 is 1.95 bits per heavy atom. The molecule has 0 aliphatic heterocycles. The molecule has 0 fully saturated rings. The van der Waals surface area contributed by atoms with Crippen LogP contribution in [-0.2, 0) is 0 Å². The number of amides is 1. The van der Waals surface area contributed by atoms with Crippen molar-refractivity contribution in [1.29, 1.82) is 0 Å². The summed E-state index contributed by atoms with van der Waals surface area (Å²) in [7, 11) is 0. The Labute approximate surface area is 112 Å². The van der Waals surface area contributed by atoms with Crippen LogP contribution in [0.1, 0.15) is 10.4 Å². The molecule has 0 spiro atoms. The fourth-order valence-corrected chi connectivity index (χ4v) is 1.59. The molecule has 1 amide bonds. The van der Waals surface area contributed by atoms with Crippen LogP contribution in [-0.4, -0.2) is 25.7 Å². The lowest BCUT2D eigenvalue weighted by molar-refractivity contribution is 0.0962. The van der Waals surface area contributed by atoms with Crippen LogP contribution in [0.5, 0.6) is 0 Å². The molecule has 0 aliphatic rings. The molecule has 0 bridgehead atoms. The van der Waals surface area contributed by atoms with Gasteiger partial charge in [-0.05, 0) is 36.4 Å². The third-order valence-corrected chi connectivity index (χ3v) is 2.57. The molecule has 1 aromatic carbocycles. The van der Waals surface area contributed by atoms with Gasteiger partial charge in [0.25, 0.3) is 5.91 Å². The minimum atomic E-state index is -0.394. The zero-order chi connectivity index (χ0) is 13.9. The van der Waals surface area contributed by atoms with Gasteiger partial charge in [0.05, 0.1) is 0 Å². The summed E-state index contributed by atoms with van der Waals surface area (Å²) < 4.78 is 14.2. The van der Waals surface area contributed by atoms with Crippen molar-refractivity contribution in [3.05, 3.63) is 54.1 Å². The van der Waals surface area contributed by atoms with Crippen molar-refractivity contribution < 1.29 is 9.18 Å². The summed E-state index contributed by atoms with van der Waals surface area (Å²) in [5.74, 6) is -0.363. The summed E-state index contributed by atoms with van der Waals surface area (Å²) in [5.41, 5.74) is 6.06. The third kappa shape index (κ3) is 2.39. The van der Waals surface area contributed by atoms with Crippen LogP contribution in [0.3, 0.4) is 0 Å². The average molecular weight is 272 g/mol. The number of carbonyl (C=O) groups is 1. The first-order valence-electron chi connectivity index (χ1n) is 5.71. The average Bonchev–Trinajstić information content (AvgIpc) is 2.93. The van der Waals surface area contributed by atoms with E-state index in [1.54, 1.807) is 12.1 Å². The normalized spacial score (nSPS) is 10.4. The van der Waals surface area contributed by atoms with E-state index in [9.17, 15) is 9.18 Å². The maximum Gasteiger partial charge on any atom is 0.269 e. The Morgan fingerprint density at radius 1 is 1.15 bits per heavy atom. The van der Waals surface area contributed by atoms with Gasteiger partial charge in [-0.25, -0.2) is 4.39 Å². The number of halogens is 1. The number of nitrogens with one attached hydrogen (secondary N) is 2. The molecule has 0 aliphatic carbocycles. The Hall–Kier alpha value is -3.03. The van der Waals surface area contributed by atoms with E-state index < -0.39 is 11.7 Å². The van der Waals surface area contributed by atoms with Gasteiger partial charge in [0, 0.05) is 5.56 Å². The molecule has 7 nitrogen and oxygen atoms in total. The summed E-state index contributed by atoms with van der Waals surface area (Å²) >= 11 is 0. The smallest absolute Gasteiger partial charge is 0.269 e. The minimum Gasteiger partial charge on any atom is -0.280 e.